The SMILES string of the molecule is COCCN(CCOC)C(=O)c1cc(N)ccc1[N+](=O)[O-]. The van der Waals surface area contributed by atoms with Gasteiger partial charge in [0.2, 0.25) is 0 Å². The Hall–Kier alpha value is -2.19. The molecule has 116 valence electrons. The van der Waals surface area contributed by atoms with Gasteiger partial charge in [-0.2, -0.15) is 0 Å². The zero-order valence-electron chi connectivity index (χ0n) is 12.1. The highest BCUT2D eigenvalue weighted by atomic mass is 16.6. The lowest BCUT2D eigenvalue weighted by Crippen LogP contribution is -2.36. The Balaban J connectivity index is 3.06. The van der Waals surface area contributed by atoms with Crippen LogP contribution >= 0.6 is 0 Å². The predicted molar refractivity (Wildman–Crippen MR) is 77.2 cm³/mol. The van der Waals surface area contributed by atoms with Crippen LogP contribution in [0, 0.1) is 10.1 Å². The van der Waals surface area contributed by atoms with E-state index in [0.29, 0.717) is 32.0 Å². The number of methoxy groups -OCH3 is 2. The van der Waals surface area contributed by atoms with Gasteiger partial charge >= 0.3 is 0 Å². The summed E-state index contributed by atoms with van der Waals surface area (Å²) in [5, 5.41) is 11.0. The quantitative estimate of drug-likeness (QED) is 0.434. The number of rotatable bonds is 8. The fraction of sp³-hybridized carbons (Fsp3) is 0.462. The summed E-state index contributed by atoms with van der Waals surface area (Å²) in [6.45, 7) is 1.27. The first-order chi connectivity index (χ1) is 10.0. The molecule has 8 nitrogen and oxygen atoms in total. The van der Waals surface area contributed by atoms with Crippen molar-refractivity contribution in [2.45, 2.75) is 0 Å². The van der Waals surface area contributed by atoms with Crippen molar-refractivity contribution in [1.82, 2.24) is 4.90 Å². The lowest BCUT2D eigenvalue weighted by molar-refractivity contribution is -0.385. The first-order valence-electron chi connectivity index (χ1n) is 6.32. The molecule has 1 rings (SSSR count). The van der Waals surface area contributed by atoms with Gasteiger partial charge in [0.25, 0.3) is 11.6 Å². The molecule has 2 N–H and O–H groups in total. The van der Waals surface area contributed by atoms with Gasteiger partial charge in [-0.1, -0.05) is 0 Å². The Morgan fingerprint density at radius 1 is 1.29 bits per heavy atom. The fourth-order valence-corrected chi connectivity index (χ4v) is 1.77. The summed E-state index contributed by atoms with van der Waals surface area (Å²) < 4.78 is 9.89. The Labute approximate surface area is 122 Å². The molecule has 0 saturated carbocycles. The summed E-state index contributed by atoms with van der Waals surface area (Å²) in [7, 11) is 3.03. The number of nitro benzene ring substituents is 1. The van der Waals surface area contributed by atoms with Gasteiger partial charge in [0, 0.05) is 39.1 Å². The molecular formula is C13H19N3O5. The number of anilines is 1. The van der Waals surface area contributed by atoms with Gasteiger partial charge in [-0.25, -0.2) is 0 Å². The monoisotopic (exact) mass is 297 g/mol. The van der Waals surface area contributed by atoms with E-state index in [0.717, 1.165) is 0 Å². The normalized spacial score (nSPS) is 10.4. The van der Waals surface area contributed by atoms with Crippen molar-refractivity contribution >= 4 is 17.3 Å². The van der Waals surface area contributed by atoms with E-state index in [1.54, 1.807) is 0 Å². The highest BCUT2D eigenvalue weighted by molar-refractivity contribution is 5.99. The van der Waals surface area contributed by atoms with Crippen LogP contribution in [0.1, 0.15) is 10.4 Å². The van der Waals surface area contributed by atoms with Crippen molar-refractivity contribution in [1.29, 1.82) is 0 Å². The molecule has 0 radical (unpaired) electrons. The van der Waals surface area contributed by atoms with E-state index in [4.69, 9.17) is 15.2 Å². The van der Waals surface area contributed by atoms with Crippen molar-refractivity contribution in [2.24, 2.45) is 0 Å². The summed E-state index contributed by atoms with van der Waals surface area (Å²) >= 11 is 0. The second-order valence-corrected chi connectivity index (χ2v) is 4.31. The molecule has 0 heterocycles. The summed E-state index contributed by atoms with van der Waals surface area (Å²) in [5.41, 5.74) is 5.61. The smallest absolute Gasteiger partial charge is 0.282 e. The zero-order chi connectivity index (χ0) is 15.8. The zero-order valence-corrected chi connectivity index (χ0v) is 12.1. The number of hydrogen-bond donors (Lipinski definition) is 1. The minimum atomic E-state index is -0.600. The molecule has 0 fully saturated rings. The van der Waals surface area contributed by atoms with E-state index < -0.39 is 10.8 Å². The van der Waals surface area contributed by atoms with Crippen LogP contribution in [0.2, 0.25) is 0 Å². The number of hydrogen-bond acceptors (Lipinski definition) is 6. The molecule has 1 aromatic carbocycles. The average Bonchev–Trinajstić information content (AvgIpc) is 2.46. The van der Waals surface area contributed by atoms with Crippen LogP contribution in [0.3, 0.4) is 0 Å². The molecule has 0 unspecified atom stereocenters. The highest BCUT2D eigenvalue weighted by Crippen LogP contribution is 2.22. The first kappa shape index (κ1) is 16.9. The van der Waals surface area contributed by atoms with Crippen molar-refractivity contribution in [3.05, 3.63) is 33.9 Å². The lowest BCUT2D eigenvalue weighted by Gasteiger charge is -2.22. The molecular weight excluding hydrogens is 278 g/mol. The maximum atomic E-state index is 12.5. The van der Waals surface area contributed by atoms with E-state index >= 15 is 0 Å². The van der Waals surface area contributed by atoms with Crippen molar-refractivity contribution < 1.29 is 19.2 Å². The number of nitro groups is 1. The molecule has 0 atom stereocenters. The standard InChI is InChI=1S/C13H19N3O5/c1-20-7-5-15(6-8-21-2)13(17)11-9-10(14)3-4-12(11)16(18)19/h3-4,9H,5-8,14H2,1-2H3. The van der Waals surface area contributed by atoms with Gasteiger partial charge in [0.05, 0.1) is 18.1 Å². The van der Waals surface area contributed by atoms with E-state index in [1.165, 1.54) is 37.3 Å². The fourth-order valence-electron chi connectivity index (χ4n) is 1.77. The van der Waals surface area contributed by atoms with E-state index in [2.05, 4.69) is 0 Å². The summed E-state index contributed by atoms with van der Waals surface area (Å²) in [6, 6.07) is 3.93. The van der Waals surface area contributed by atoms with Gasteiger partial charge in [-0.3, -0.25) is 14.9 Å². The number of nitrogens with zero attached hydrogens (tertiary/aromatic N) is 2. The van der Waals surface area contributed by atoms with Crippen molar-refractivity contribution in [3.63, 3.8) is 0 Å². The lowest BCUT2D eigenvalue weighted by atomic mass is 10.1. The molecule has 21 heavy (non-hydrogen) atoms. The predicted octanol–water partition coefficient (Wildman–Crippen LogP) is 0.912. The van der Waals surface area contributed by atoms with E-state index in [9.17, 15) is 14.9 Å². The van der Waals surface area contributed by atoms with Crippen LogP contribution in [-0.2, 0) is 9.47 Å². The maximum Gasteiger partial charge on any atom is 0.282 e. The number of carbonyl (C=O) groups is 1. The Morgan fingerprint density at radius 3 is 2.33 bits per heavy atom. The molecule has 1 amide bonds. The number of amides is 1. The van der Waals surface area contributed by atoms with Crippen molar-refractivity contribution in [2.75, 3.05) is 46.3 Å². The third kappa shape index (κ3) is 4.69. The Morgan fingerprint density at radius 2 is 1.86 bits per heavy atom. The Bertz CT molecular complexity index is 499. The number of ether oxygens (including phenoxy) is 2. The maximum absolute atomic E-state index is 12.5. The summed E-state index contributed by atoms with van der Waals surface area (Å²) in [5.74, 6) is -0.469. The number of carbonyl (C=O) groups excluding carboxylic acids is 1. The van der Waals surface area contributed by atoms with Gasteiger partial charge in [0.15, 0.2) is 0 Å². The molecule has 0 bridgehead atoms. The van der Waals surface area contributed by atoms with Crippen LogP contribution in [0.25, 0.3) is 0 Å². The molecule has 0 aromatic heterocycles. The number of nitrogen functional groups attached to an aromatic ring is 1. The molecule has 8 heteroatoms. The van der Waals surface area contributed by atoms with E-state index in [-0.39, 0.29) is 11.3 Å². The van der Waals surface area contributed by atoms with Crippen molar-refractivity contribution in [3.8, 4) is 0 Å². The Kier molecular flexibility index (Phi) is 6.57. The van der Waals surface area contributed by atoms with Gasteiger partial charge in [-0.05, 0) is 12.1 Å². The summed E-state index contributed by atoms with van der Waals surface area (Å²) in [6.07, 6.45) is 0. The third-order valence-electron chi connectivity index (χ3n) is 2.87. The molecule has 0 aliphatic rings. The number of nitrogens with two attached hydrogens (primary N) is 1. The molecule has 0 spiro atoms. The molecule has 0 aliphatic heterocycles. The topological polar surface area (TPSA) is 108 Å². The third-order valence-corrected chi connectivity index (χ3v) is 2.87. The van der Waals surface area contributed by atoms with Crippen LogP contribution in [0.5, 0.6) is 0 Å². The molecule has 0 aliphatic carbocycles. The van der Waals surface area contributed by atoms with Gasteiger partial charge < -0.3 is 20.1 Å². The van der Waals surface area contributed by atoms with Gasteiger partial charge in [-0.15, -0.1) is 0 Å². The molecule has 0 saturated heterocycles. The first-order valence-corrected chi connectivity index (χ1v) is 6.32. The largest absolute Gasteiger partial charge is 0.399 e. The van der Waals surface area contributed by atoms with Crippen LogP contribution in [0.4, 0.5) is 11.4 Å². The minimum Gasteiger partial charge on any atom is -0.399 e. The van der Waals surface area contributed by atoms with E-state index in [1.807, 2.05) is 0 Å². The van der Waals surface area contributed by atoms with Gasteiger partial charge in [0.1, 0.15) is 5.56 Å². The average molecular weight is 297 g/mol. The number of benzene rings is 1. The van der Waals surface area contributed by atoms with Crippen LogP contribution in [0.15, 0.2) is 18.2 Å². The highest BCUT2D eigenvalue weighted by Gasteiger charge is 2.24. The van der Waals surface area contributed by atoms with Crippen LogP contribution in [-0.4, -0.2) is 56.3 Å². The molecule has 1 aromatic rings. The minimum absolute atomic E-state index is 0.0350. The second kappa shape index (κ2) is 8.18. The summed E-state index contributed by atoms with van der Waals surface area (Å²) in [4.78, 5) is 24.4. The second-order valence-electron chi connectivity index (χ2n) is 4.31. The van der Waals surface area contributed by atoms with Crippen LogP contribution < -0.4 is 5.73 Å².